The van der Waals surface area contributed by atoms with Crippen molar-refractivity contribution in [2.75, 3.05) is 13.1 Å². The van der Waals surface area contributed by atoms with E-state index in [0.717, 1.165) is 29.7 Å². The minimum absolute atomic E-state index is 0.121. The lowest BCUT2D eigenvalue weighted by atomic mass is 9.89. The molecule has 126 valence electrons. The molecule has 1 heterocycles. The van der Waals surface area contributed by atoms with Crippen LogP contribution in [-0.2, 0) is 4.79 Å². The number of benzene rings is 2. The highest BCUT2D eigenvalue weighted by molar-refractivity contribution is 5.70. The predicted octanol–water partition coefficient (Wildman–Crippen LogP) is 4.02. The number of carbonyl (C=O) groups is 1. The van der Waals surface area contributed by atoms with Crippen LogP contribution < -0.4 is 0 Å². The number of hydrogen-bond acceptors (Lipinski definition) is 2. The molecule has 1 aliphatic heterocycles. The van der Waals surface area contributed by atoms with Crippen LogP contribution in [-0.4, -0.2) is 29.1 Å². The quantitative estimate of drug-likeness (QED) is 0.922. The van der Waals surface area contributed by atoms with Gasteiger partial charge in [-0.25, -0.2) is 4.39 Å². The molecule has 0 bridgehead atoms. The second-order valence-corrected chi connectivity index (χ2v) is 6.49. The number of hydrogen-bond donors (Lipinski definition) is 1. The molecule has 3 rings (SSSR count). The SMILES string of the molecule is Cc1ccccc1C(c1cccc(F)c1)N1CCCC(C(=O)O)C1. The minimum Gasteiger partial charge on any atom is -0.481 e. The molecule has 2 atom stereocenters. The molecule has 0 aromatic heterocycles. The molecular weight excluding hydrogens is 305 g/mol. The molecule has 0 amide bonds. The van der Waals surface area contributed by atoms with Crippen LogP contribution in [0.1, 0.15) is 35.6 Å². The van der Waals surface area contributed by atoms with Crippen LogP contribution >= 0.6 is 0 Å². The van der Waals surface area contributed by atoms with Crippen molar-refractivity contribution < 1.29 is 14.3 Å². The number of aliphatic carboxylic acids is 1. The summed E-state index contributed by atoms with van der Waals surface area (Å²) in [6.07, 6.45) is 1.55. The molecule has 2 aromatic carbocycles. The van der Waals surface area contributed by atoms with E-state index in [4.69, 9.17) is 0 Å². The van der Waals surface area contributed by atoms with Crippen LogP contribution in [0.25, 0.3) is 0 Å². The fraction of sp³-hybridized carbons (Fsp3) is 0.350. The van der Waals surface area contributed by atoms with Gasteiger partial charge >= 0.3 is 5.97 Å². The zero-order chi connectivity index (χ0) is 17.1. The molecule has 0 saturated carbocycles. The third kappa shape index (κ3) is 3.49. The van der Waals surface area contributed by atoms with Gasteiger partial charge in [-0.05, 0) is 55.1 Å². The second kappa shape index (κ2) is 7.14. The van der Waals surface area contributed by atoms with Gasteiger partial charge in [-0.1, -0.05) is 36.4 Å². The summed E-state index contributed by atoms with van der Waals surface area (Å²) in [6.45, 7) is 3.35. The van der Waals surface area contributed by atoms with Crippen molar-refractivity contribution in [2.45, 2.75) is 25.8 Å². The van der Waals surface area contributed by atoms with E-state index in [1.807, 2.05) is 31.2 Å². The Balaban J connectivity index is 2.02. The Morgan fingerprint density at radius 2 is 2.04 bits per heavy atom. The molecule has 1 aliphatic rings. The summed E-state index contributed by atoms with van der Waals surface area (Å²) in [4.78, 5) is 13.6. The average Bonchev–Trinajstić information content (AvgIpc) is 2.57. The van der Waals surface area contributed by atoms with Crippen LogP contribution in [0.3, 0.4) is 0 Å². The lowest BCUT2D eigenvalue weighted by Crippen LogP contribution is -2.41. The van der Waals surface area contributed by atoms with Crippen molar-refractivity contribution in [3.63, 3.8) is 0 Å². The third-order valence-corrected chi connectivity index (χ3v) is 4.81. The van der Waals surface area contributed by atoms with E-state index in [9.17, 15) is 14.3 Å². The number of likely N-dealkylation sites (tertiary alicyclic amines) is 1. The molecule has 1 fully saturated rings. The molecule has 4 heteroatoms. The van der Waals surface area contributed by atoms with Gasteiger partial charge in [-0.3, -0.25) is 9.69 Å². The Morgan fingerprint density at radius 3 is 2.75 bits per heavy atom. The molecule has 0 radical (unpaired) electrons. The van der Waals surface area contributed by atoms with Crippen LogP contribution in [0.15, 0.2) is 48.5 Å². The highest BCUT2D eigenvalue weighted by Gasteiger charge is 2.31. The maximum atomic E-state index is 13.8. The maximum absolute atomic E-state index is 13.8. The summed E-state index contributed by atoms with van der Waals surface area (Å²) >= 11 is 0. The van der Waals surface area contributed by atoms with Crippen molar-refractivity contribution in [1.82, 2.24) is 4.90 Å². The van der Waals surface area contributed by atoms with Gasteiger partial charge in [0.15, 0.2) is 0 Å². The first kappa shape index (κ1) is 16.7. The molecule has 1 saturated heterocycles. The molecule has 3 nitrogen and oxygen atoms in total. The number of aryl methyl sites for hydroxylation is 1. The highest BCUT2D eigenvalue weighted by Crippen LogP contribution is 2.34. The molecule has 2 aromatic rings. The summed E-state index contributed by atoms with van der Waals surface area (Å²) < 4.78 is 13.8. The van der Waals surface area contributed by atoms with Crippen molar-refractivity contribution in [3.8, 4) is 0 Å². The largest absolute Gasteiger partial charge is 0.481 e. The maximum Gasteiger partial charge on any atom is 0.307 e. The predicted molar refractivity (Wildman–Crippen MR) is 91.4 cm³/mol. The van der Waals surface area contributed by atoms with E-state index in [1.54, 1.807) is 12.1 Å². The summed E-state index contributed by atoms with van der Waals surface area (Å²) in [5.41, 5.74) is 3.11. The molecule has 1 N–H and O–H groups in total. The molecule has 2 unspecified atom stereocenters. The first-order valence-electron chi connectivity index (χ1n) is 8.34. The van der Waals surface area contributed by atoms with Crippen molar-refractivity contribution in [3.05, 3.63) is 71.0 Å². The van der Waals surface area contributed by atoms with E-state index in [0.29, 0.717) is 13.0 Å². The summed E-state index contributed by atoms with van der Waals surface area (Å²) in [7, 11) is 0. The van der Waals surface area contributed by atoms with E-state index >= 15 is 0 Å². The van der Waals surface area contributed by atoms with Gasteiger partial charge < -0.3 is 5.11 Å². The number of piperidine rings is 1. The third-order valence-electron chi connectivity index (χ3n) is 4.81. The molecule has 24 heavy (non-hydrogen) atoms. The lowest BCUT2D eigenvalue weighted by molar-refractivity contribution is -0.143. The van der Waals surface area contributed by atoms with E-state index < -0.39 is 5.97 Å². The first-order valence-corrected chi connectivity index (χ1v) is 8.34. The normalized spacial score (nSPS) is 19.8. The monoisotopic (exact) mass is 327 g/mol. The number of nitrogens with zero attached hydrogens (tertiary/aromatic N) is 1. The fourth-order valence-corrected chi connectivity index (χ4v) is 3.60. The van der Waals surface area contributed by atoms with Crippen molar-refractivity contribution >= 4 is 5.97 Å². The Hall–Kier alpha value is -2.20. The summed E-state index contributed by atoms with van der Waals surface area (Å²) in [5.74, 6) is -1.38. The molecule has 0 spiro atoms. The Labute approximate surface area is 141 Å². The van der Waals surface area contributed by atoms with Crippen LogP contribution in [0, 0.1) is 18.7 Å². The Morgan fingerprint density at radius 1 is 1.25 bits per heavy atom. The second-order valence-electron chi connectivity index (χ2n) is 6.49. The van der Waals surface area contributed by atoms with Crippen molar-refractivity contribution in [2.24, 2.45) is 5.92 Å². The summed E-state index contributed by atoms with van der Waals surface area (Å²) in [6, 6.07) is 14.6. The Kier molecular flexibility index (Phi) is 4.95. The van der Waals surface area contributed by atoms with E-state index in [2.05, 4.69) is 11.0 Å². The summed E-state index contributed by atoms with van der Waals surface area (Å²) in [5, 5.41) is 9.39. The lowest BCUT2D eigenvalue weighted by Gasteiger charge is -2.38. The fourth-order valence-electron chi connectivity index (χ4n) is 3.60. The van der Waals surface area contributed by atoms with Crippen LogP contribution in [0.4, 0.5) is 4.39 Å². The van der Waals surface area contributed by atoms with E-state index in [-0.39, 0.29) is 17.8 Å². The average molecular weight is 327 g/mol. The number of carboxylic acid groups (broad SMARTS) is 1. The van der Waals surface area contributed by atoms with Gasteiger partial charge in [0.05, 0.1) is 12.0 Å². The number of rotatable bonds is 4. The van der Waals surface area contributed by atoms with Gasteiger partial charge in [0, 0.05) is 6.54 Å². The Bertz CT molecular complexity index is 731. The van der Waals surface area contributed by atoms with Gasteiger partial charge in [0.25, 0.3) is 0 Å². The van der Waals surface area contributed by atoms with Gasteiger partial charge in [0.1, 0.15) is 5.82 Å². The van der Waals surface area contributed by atoms with E-state index in [1.165, 1.54) is 6.07 Å². The topological polar surface area (TPSA) is 40.5 Å². The zero-order valence-electron chi connectivity index (χ0n) is 13.8. The molecule has 0 aliphatic carbocycles. The standard InChI is InChI=1S/C20H22FNO2/c1-14-6-2-3-10-18(14)19(15-7-4-9-17(21)12-15)22-11-5-8-16(13-22)20(23)24/h2-4,6-7,9-10,12,16,19H,5,8,11,13H2,1H3,(H,23,24). The van der Waals surface area contributed by atoms with Gasteiger partial charge in [-0.2, -0.15) is 0 Å². The van der Waals surface area contributed by atoms with Crippen LogP contribution in [0.5, 0.6) is 0 Å². The van der Waals surface area contributed by atoms with Gasteiger partial charge in [-0.15, -0.1) is 0 Å². The van der Waals surface area contributed by atoms with Gasteiger partial charge in [0.2, 0.25) is 0 Å². The first-order chi connectivity index (χ1) is 11.6. The smallest absolute Gasteiger partial charge is 0.307 e. The number of halogens is 1. The highest BCUT2D eigenvalue weighted by atomic mass is 19.1. The van der Waals surface area contributed by atoms with Crippen molar-refractivity contribution in [1.29, 1.82) is 0 Å². The number of carboxylic acids is 1. The molecular formula is C20H22FNO2. The zero-order valence-corrected chi connectivity index (χ0v) is 13.8. The van der Waals surface area contributed by atoms with Crippen LogP contribution in [0.2, 0.25) is 0 Å². The minimum atomic E-state index is -0.748.